The Kier molecular flexibility index (Phi) is 4.04. The number of carbonyl (C=O) groups is 1. The molecule has 1 aromatic carbocycles. The number of hydrogen-bond donors (Lipinski definition) is 1. The molecule has 1 N–H and O–H groups in total. The molecule has 2 aromatic rings. The molecule has 0 saturated heterocycles. The summed E-state index contributed by atoms with van der Waals surface area (Å²) in [6.07, 6.45) is 8.14. The lowest BCUT2D eigenvalue weighted by atomic mass is 10.0. The van der Waals surface area contributed by atoms with E-state index in [1.807, 2.05) is 22.9 Å². The minimum absolute atomic E-state index is 0.0826. The summed E-state index contributed by atoms with van der Waals surface area (Å²) in [7, 11) is 0. The highest BCUT2D eigenvalue weighted by Crippen LogP contribution is 2.26. The zero-order valence-corrected chi connectivity index (χ0v) is 12.3. The van der Waals surface area contributed by atoms with Gasteiger partial charge in [-0.05, 0) is 30.4 Å². The second-order valence-corrected chi connectivity index (χ2v) is 5.75. The third-order valence-electron chi connectivity index (χ3n) is 4.25. The van der Waals surface area contributed by atoms with Crippen LogP contribution in [-0.2, 0) is 24.2 Å². The van der Waals surface area contributed by atoms with Crippen molar-refractivity contribution in [1.82, 2.24) is 14.9 Å². The van der Waals surface area contributed by atoms with Gasteiger partial charge in [-0.15, -0.1) is 0 Å². The van der Waals surface area contributed by atoms with E-state index in [1.54, 1.807) is 12.5 Å². The lowest BCUT2D eigenvalue weighted by Gasteiger charge is -2.20. The van der Waals surface area contributed by atoms with Gasteiger partial charge in [-0.1, -0.05) is 31.2 Å². The average molecular weight is 283 g/mol. The van der Waals surface area contributed by atoms with E-state index in [2.05, 4.69) is 29.4 Å². The minimum atomic E-state index is 0.0826. The second-order valence-electron chi connectivity index (χ2n) is 5.75. The Bertz CT molecular complexity index is 581. The number of nitrogens with zero attached hydrogens (tertiary/aromatic N) is 2. The van der Waals surface area contributed by atoms with Gasteiger partial charge in [0.25, 0.3) is 0 Å². The number of rotatable bonds is 5. The summed E-state index contributed by atoms with van der Waals surface area (Å²) >= 11 is 0. The van der Waals surface area contributed by atoms with Gasteiger partial charge in [-0.2, -0.15) is 0 Å². The third-order valence-corrected chi connectivity index (χ3v) is 4.25. The molecule has 4 nitrogen and oxygen atoms in total. The van der Waals surface area contributed by atoms with E-state index in [0.717, 1.165) is 25.8 Å². The van der Waals surface area contributed by atoms with Gasteiger partial charge in [0.1, 0.15) is 0 Å². The molecule has 0 fully saturated rings. The van der Waals surface area contributed by atoms with E-state index in [1.165, 1.54) is 11.1 Å². The SMILES string of the molecule is CC[C@H](Cn1ccnc1)NC(=O)C1Cc2ccccc2C1. The van der Waals surface area contributed by atoms with Crippen LogP contribution in [0.3, 0.4) is 0 Å². The van der Waals surface area contributed by atoms with E-state index in [9.17, 15) is 4.79 Å². The van der Waals surface area contributed by atoms with Crippen molar-refractivity contribution in [2.45, 2.75) is 38.8 Å². The van der Waals surface area contributed by atoms with Gasteiger partial charge >= 0.3 is 0 Å². The largest absolute Gasteiger partial charge is 0.351 e. The molecule has 1 amide bonds. The highest BCUT2D eigenvalue weighted by Gasteiger charge is 2.28. The standard InChI is InChI=1S/C17H21N3O/c1-2-16(11-20-8-7-18-12-20)19-17(21)15-9-13-5-3-4-6-14(13)10-15/h3-8,12,15-16H,2,9-11H2,1H3,(H,19,21)/t16-/m1/s1. The predicted molar refractivity (Wildman–Crippen MR) is 81.8 cm³/mol. The van der Waals surface area contributed by atoms with E-state index in [0.29, 0.717) is 0 Å². The van der Waals surface area contributed by atoms with Crippen molar-refractivity contribution in [3.8, 4) is 0 Å². The van der Waals surface area contributed by atoms with Gasteiger partial charge < -0.3 is 9.88 Å². The lowest BCUT2D eigenvalue weighted by Crippen LogP contribution is -2.41. The summed E-state index contributed by atoms with van der Waals surface area (Å²) < 4.78 is 2.01. The van der Waals surface area contributed by atoms with Crippen molar-refractivity contribution in [3.05, 3.63) is 54.1 Å². The van der Waals surface area contributed by atoms with Crippen molar-refractivity contribution >= 4 is 5.91 Å². The molecule has 3 rings (SSSR count). The number of fused-ring (bicyclic) bond motifs is 1. The molecule has 110 valence electrons. The van der Waals surface area contributed by atoms with Crippen molar-refractivity contribution < 1.29 is 4.79 Å². The Balaban J connectivity index is 1.59. The summed E-state index contributed by atoms with van der Waals surface area (Å²) in [6, 6.07) is 8.52. The number of amides is 1. The van der Waals surface area contributed by atoms with Crippen molar-refractivity contribution in [1.29, 1.82) is 0 Å². The Hall–Kier alpha value is -2.10. The van der Waals surface area contributed by atoms with E-state index in [-0.39, 0.29) is 17.9 Å². The maximum absolute atomic E-state index is 12.5. The van der Waals surface area contributed by atoms with Gasteiger partial charge in [-0.3, -0.25) is 4.79 Å². The molecule has 1 aliphatic carbocycles. The molecule has 21 heavy (non-hydrogen) atoms. The molecule has 1 heterocycles. The Morgan fingerprint density at radius 2 is 2.10 bits per heavy atom. The van der Waals surface area contributed by atoms with Crippen LogP contribution in [0.15, 0.2) is 43.0 Å². The zero-order chi connectivity index (χ0) is 14.7. The van der Waals surface area contributed by atoms with Crippen LogP contribution in [0.5, 0.6) is 0 Å². The van der Waals surface area contributed by atoms with E-state index in [4.69, 9.17) is 0 Å². The number of imidazole rings is 1. The fourth-order valence-corrected chi connectivity index (χ4v) is 2.99. The van der Waals surface area contributed by atoms with Gasteiger partial charge in [0.05, 0.1) is 6.33 Å². The summed E-state index contributed by atoms with van der Waals surface area (Å²) in [5, 5.41) is 3.19. The van der Waals surface area contributed by atoms with Gasteiger partial charge in [0, 0.05) is 30.9 Å². The number of benzene rings is 1. The van der Waals surface area contributed by atoms with Gasteiger partial charge in [0.15, 0.2) is 0 Å². The average Bonchev–Trinajstić information content (AvgIpc) is 3.15. The molecular weight excluding hydrogens is 262 g/mol. The van der Waals surface area contributed by atoms with Crippen LogP contribution in [0.1, 0.15) is 24.5 Å². The van der Waals surface area contributed by atoms with Crippen LogP contribution in [0.4, 0.5) is 0 Å². The van der Waals surface area contributed by atoms with Crippen LogP contribution < -0.4 is 5.32 Å². The first-order valence-electron chi connectivity index (χ1n) is 7.59. The van der Waals surface area contributed by atoms with Crippen LogP contribution in [0.25, 0.3) is 0 Å². The highest BCUT2D eigenvalue weighted by atomic mass is 16.1. The molecule has 0 unspecified atom stereocenters. The second kappa shape index (κ2) is 6.12. The quantitative estimate of drug-likeness (QED) is 0.914. The third kappa shape index (κ3) is 3.15. The Morgan fingerprint density at radius 1 is 1.38 bits per heavy atom. The van der Waals surface area contributed by atoms with Crippen LogP contribution in [0, 0.1) is 5.92 Å². The maximum atomic E-state index is 12.5. The fourth-order valence-electron chi connectivity index (χ4n) is 2.99. The maximum Gasteiger partial charge on any atom is 0.224 e. The molecule has 0 bridgehead atoms. The molecule has 0 saturated carbocycles. The molecule has 1 aromatic heterocycles. The van der Waals surface area contributed by atoms with Crippen LogP contribution >= 0.6 is 0 Å². The lowest BCUT2D eigenvalue weighted by molar-refractivity contribution is -0.125. The first kappa shape index (κ1) is 13.9. The minimum Gasteiger partial charge on any atom is -0.351 e. The molecule has 4 heteroatoms. The molecule has 0 radical (unpaired) electrons. The topological polar surface area (TPSA) is 46.9 Å². The number of nitrogens with one attached hydrogen (secondary N) is 1. The Morgan fingerprint density at radius 3 is 2.67 bits per heavy atom. The summed E-state index contributed by atoms with van der Waals surface area (Å²) in [5.74, 6) is 0.261. The van der Waals surface area contributed by atoms with Crippen molar-refractivity contribution in [2.75, 3.05) is 0 Å². The molecular formula is C17H21N3O. The zero-order valence-electron chi connectivity index (χ0n) is 12.3. The molecule has 0 spiro atoms. The normalized spacial score (nSPS) is 15.7. The molecule has 0 aliphatic heterocycles. The van der Waals surface area contributed by atoms with E-state index < -0.39 is 0 Å². The first-order valence-corrected chi connectivity index (χ1v) is 7.59. The highest BCUT2D eigenvalue weighted by molar-refractivity contribution is 5.80. The van der Waals surface area contributed by atoms with Crippen molar-refractivity contribution in [2.24, 2.45) is 5.92 Å². The van der Waals surface area contributed by atoms with Crippen molar-refractivity contribution in [3.63, 3.8) is 0 Å². The van der Waals surface area contributed by atoms with Crippen LogP contribution in [0.2, 0.25) is 0 Å². The molecule has 1 aliphatic rings. The van der Waals surface area contributed by atoms with Crippen LogP contribution in [-0.4, -0.2) is 21.5 Å². The smallest absolute Gasteiger partial charge is 0.224 e. The Labute approximate surface area is 125 Å². The first-order chi connectivity index (χ1) is 10.3. The summed E-state index contributed by atoms with van der Waals surface area (Å²) in [6.45, 7) is 2.88. The van der Waals surface area contributed by atoms with E-state index >= 15 is 0 Å². The fraction of sp³-hybridized carbons (Fsp3) is 0.412. The number of hydrogen-bond acceptors (Lipinski definition) is 2. The monoisotopic (exact) mass is 283 g/mol. The summed E-state index contributed by atoms with van der Waals surface area (Å²) in [5.41, 5.74) is 2.64. The van der Waals surface area contributed by atoms with Gasteiger partial charge in [0.2, 0.25) is 5.91 Å². The predicted octanol–water partition coefficient (Wildman–Crippen LogP) is 2.19. The number of carbonyl (C=O) groups excluding carboxylic acids is 1. The summed E-state index contributed by atoms with van der Waals surface area (Å²) in [4.78, 5) is 16.5. The molecule has 1 atom stereocenters. The van der Waals surface area contributed by atoms with Gasteiger partial charge in [-0.25, -0.2) is 4.98 Å². The number of aromatic nitrogens is 2.